The van der Waals surface area contributed by atoms with Crippen LogP contribution < -0.4 is 25.1 Å². The lowest BCUT2D eigenvalue weighted by atomic mass is 10.0. The van der Waals surface area contributed by atoms with E-state index in [1.165, 1.54) is 101 Å². The van der Waals surface area contributed by atoms with Crippen LogP contribution in [0.3, 0.4) is 0 Å². The molecule has 1 unspecified atom stereocenters. The van der Waals surface area contributed by atoms with Gasteiger partial charge in [-0.1, -0.05) is 160 Å². The number of hydrogen-bond donors (Lipinski definition) is 2. The lowest BCUT2D eigenvalue weighted by molar-refractivity contribution is -0.268. The van der Waals surface area contributed by atoms with E-state index in [2.05, 4.69) is 22.1 Å². The number of amidine groups is 1. The van der Waals surface area contributed by atoms with E-state index >= 15 is 0 Å². The molecule has 61 heavy (non-hydrogen) atoms. The normalized spacial score (nSPS) is 13.9. The fraction of sp³-hybridized carbons (Fsp3) is 0.452. The molecule has 3 aromatic rings. The number of anilines is 3. The molecule has 1 atom stereocenters. The van der Waals surface area contributed by atoms with E-state index in [1.54, 1.807) is 0 Å². The lowest BCUT2D eigenvalue weighted by Gasteiger charge is -2.29. The van der Waals surface area contributed by atoms with Crippen molar-refractivity contribution in [3.63, 3.8) is 0 Å². The molecular formula is C42H49Cl5N5O8S-. The topological polar surface area (TPSA) is 178 Å². The summed E-state index contributed by atoms with van der Waals surface area (Å²) in [6, 6.07) is 8.19. The highest BCUT2D eigenvalue weighted by atomic mass is 35.5. The van der Waals surface area contributed by atoms with E-state index < -0.39 is 61.4 Å². The van der Waals surface area contributed by atoms with Crippen molar-refractivity contribution >= 4 is 115 Å². The molecule has 0 saturated heterocycles. The largest absolute Gasteiger partial charge is 0.870 e. The molecule has 4 rings (SSSR count). The minimum atomic E-state index is -3.78. The van der Waals surface area contributed by atoms with Crippen molar-refractivity contribution in [1.82, 2.24) is 5.32 Å². The second-order valence-electron chi connectivity index (χ2n) is 14.4. The molecule has 13 nitrogen and oxygen atoms in total. The molecule has 3 aromatic carbocycles. The Morgan fingerprint density at radius 3 is 1.87 bits per heavy atom. The van der Waals surface area contributed by atoms with Gasteiger partial charge in [0.1, 0.15) is 5.69 Å². The summed E-state index contributed by atoms with van der Waals surface area (Å²) >= 11 is 31.3. The molecule has 0 aromatic heterocycles. The molecular weight excluding hydrogens is 912 g/mol. The van der Waals surface area contributed by atoms with Crippen molar-refractivity contribution in [2.45, 2.75) is 110 Å². The third-order valence-electron chi connectivity index (χ3n) is 9.70. The SMILES string of the molecule is CCCCCCCCCCCCCCCCS(=O)(=O)Nc1cccc(C(=O)NC2=NN(c3c(Cl)cc(Cl)cc3Cl)C(=O)C2N(C(=O)C(=O)OCC)c2cc(Cl)c([O-])c(Cl)c2)c1. The molecule has 0 saturated carbocycles. The van der Waals surface area contributed by atoms with Gasteiger partial charge in [-0.15, -0.1) is 5.10 Å². The van der Waals surface area contributed by atoms with Gasteiger partial charge in [0.25, 0.3) is 11.8 Å². The van der Waals surface area contributed by atoms with Gasteiger partial charge in [0.05, 0.1) is 22.4 Å². The number of hydrogen-bond acceptors (Lipinski definition) is 9. The van der Waals surface area contributed by atoms with Crippen LogP contribution in [0.25, 0.3) is 0 Å². The molecule has 0 aliphatic carbocycles. The zero-order valence-electron chi connectivity index (χ0n) is 33.9. The molecule has 1 aliphatic rings. The predicted molar refractivity (Wildman–Crippen MR) is 242 cm³/mol. The van der Waals surface area contributed by atoms with E-state index in [0.29, 0.717) is 16.3 Å². The minimum Gasteiger partial charge on any atom is -0.870 e. The highest BCUT2D eigenvalue weighted by molar-refractivity contribution is 7.92. The first-order valence-corrected chi connectivity index (χ1v) is 23.8. The maximum Gasteiger partial charge on any atom is 0.397 e. The summed E-state index contributed by atoms with van der Waals surface area (Å²) in [6.45, 7) is 3.45. The number of ether oxygens (including phenoxy) is 1. The number of amides is 3. The molecule has 2 N–H and O–H groups in total. The summed E-state index contributed by atoms with van der Waals surface area (Å²) in [7, 11) is -3.78. The summed E-state index contributed by atoms with van der Waals surface area (Å²) in [6.07, 6.45) is 15.9. The van der Waals surface area contributed by atoms with Gasteiger partial charge in [0, 0.05) is 32.0 Å². The predicted octanol–water partition coefficient (Wildman–Crippen LogP) is 10.3. The Morgan fingerprint density at radius 1 is 0.787 bits per heavy atom. The Hall–Kier alpha value is -3.79. The summed E-state index contributed by atoms with van der Waals surface area (Å²) < 4.78 is 33.5. The average molecular weight is 961 g/mol. The Morgan fingerprint density at radius 2 is 1.33 bits per heavy atom. The third kappa shape index (κ3) is 14.4. The Kier molecular flexibility index (Phi) is 19.7. The fourth-order valence-electron chi connectivity index (χ4n) is 6.66. The van der Waals surface area contributed by atoms with Gasteiger partial charge in [-0.25, -0.2) is 13.2 Å². The molecule has 1 aliphatic heterocycles. The van der Waals surface area contributed by atoms with Crippen molar-refractivity contribution < 1.29 is 37.4 Å². The molecule has 0 fully saturated rings. The fourth-order valence-corrected chi connectivity index (χ4v) is 9.28. The number of nitrogens with zero attached hydrogens (tertiary/aromatic N) is 3. The van der Waals surface area contributed by atoms with Gasteiger partial charge in [0.2, 0.25) is 10.0 Å². The number of rotatable bonds is 22. The van der Waals surface area contributed by atoms with Crippen LogP contribution in [0.15, 0.2) is 53.6 Å². The van der Waals surface area contributed by atoms with Crippen molar-refractivity contribution in [3.8, 4) is 5.75 Å². The average Bonchev–Trinajstić information content (AvgIpc) is 3.50. The maximum atomic E-state index is 14.4. The minimum absolute atomic E-state index is 0.0725. The van der Waals surface area contributed by atoms with E-state index in [0.717, 1.165) is 37.8 Å². The summed E-state index contributed by atoms with van der Waals surface area (Å²) in [5, 5.41) is 18.8. The van der Waals surface area contributed by atoms with E-state index in [9.17, 15) is 32.7 Å². The van der Waals surface area contributed by atoms with E-state index in [1.807, 2.05) is 0 Å². The van der Waals surface area contributed by atoms with Crippen LogP contribution in [-0.2, 0) is 29.1 Å². The number of hydrazone groups is 1. The van der Waals surface area contributed by atoms with E-state index in [4.69, 9.17) is 62.7 Å². The highest BCUT2D eigenvalue weighted by Gasteiger charge is 2.47. The first kappa shape index (κ1) is 49.9. The summed E-state index contributed by atoms with van der Waals surface area (Å²) in [5.74, 6) is -6.20. The summed E-state index contributed by atoms with van der Waals surface area (Å²) in [4.78, 5) is 55.6. The molecule has 19 heteroatoms. The first-order chi connectivity index (χ1) is 29.1. The second-order valence-corrected chi connectivity index (χ2v) is 18.3. The standard InChI is InChI=1S/C42H50Cl5N5O8S/c1-3-5-6-7-8-9-10-11-12-13-14-15-16-17-21-61(58,59)50-29-20-18-19-27(22-29)39(54)48-38-36(40(55)52(49-38)35-31(44)23-28(43)24-32(35)45)51(41(56)42(57)60-4-2)30-25-33(46)37(53)34(47)26-30/h18-20,22-26,36,50,53H,3-17,21H2,1-2H3,(H,48,49,54)/p-1. The van der Waals surface area contributed by atoms with Crippen LogP contribution in [0.5, 0.6) is 5.75 Å². The van der Waals surface area contributed by atoms with Gasteiger partial charge >= 0.3 is 11.9 Å². The van der Waals surface area contributed by atoms with Crippen molar-refractivity contribution in [2.75, 3.05) is 27.0 Å². The van der Waals surface area contributed by atoms with Gasteiger partial charge in [0.15, 0.2) is 11.9 Å². The van der Waals surface area contributed by atoms with Crippen LogP contribution in [0, 0.1) is 0 Å². The number of halogens is 5. The van der Waals surface area contributed by atoms with Gasteiger partial charge < -0.3 is 15.2 Å². The van der Waals surface area contributed by atoms with Crippen molar-refractivity contribution in [2.24, 2.45) is 5.10 Å². The Labute approximate surface area is 382 Å². The van der Waals surface area contributed by atoms with Gasteiger partial charge in [-0.05, 0) is 55.8 Å². The van der Waals surface area contributed by atoms with Crippen LogP contribution >= 0.6 is 58.0 Å². The molecule has 0 spiro atoms. The van der Waals surface area contributed by atoms with Gasteiger partial charge in [-0.3, -0.25) is 24.0 Å². The number of benzene rings is 3. The maximum absolute atomic E-state index is 14.4. The van der Waals surface area contributed by atoms with Crippen LogP contribution in [0.1, 0.15) is 114 Å². The zero-order valence-corrected chi connectivity index (χ0v) is 38.5. The molecule has 0 bridgehead atoms. The van der Waals surface area contributed by atoms with Crippen LogP contribution in [0.2, 0.25) is 25.1 Å². The lowest BCUT2D eigenvalue weighted by Crippen LogP contribution is -2.56. The third-order valence-corrected chi connectivity index (χ3v) is 12.4. The smallest absolute Gasteiger partial charge is 0.397 e. The highest BCUT2D eigenvalue weighted by Crippen LogP contribution is 2.40. The number of sulfonamides is 1. The van der Waals surface area contributed by atoms with Crippen molar-refractivity contribution in [3.05, 3.63) is 79.2 Å². The summed E-state index contributed by atoms with van der Waals surface area (Å²) in [5.41, 5.74) is -0.465. The van der Waals surface area contributed by atoms with Crippen LogP contribution in [-0.4, -0.2) is 56.3 Å². The Bertz CT molecular complexity index is 2150. The monoisotopic (exact) mass is 958 g/mol. The Balaban J connectivity index is 1.50. The number of carbonyl (C=O) groups is 4. The molecule has 332 valence electrons. The first-order valence-electron chi connectivity index (χ1n) is 20.2. The number of esters is 1. The zero-order chi connectivity index (χ0) is 44.7. The molecule has 3 amide bonds. The van der Waals surface area contributed by atoms with E-state index in [-0.39, 0.29) is 50.1 Å². The van der Waals surface area contributed by atoms with Gasteiger partial charge in [-0.2, -0.15) is 5.01 Å². The number of nitrogens with one attached hydrogen (secondary N) is 2. The quantitative estimate of drug-likeness (QED) is 0.0568. The molecule has 0 radical (unpaired) electrons. The molecule has 1 heterocycles. The number of unbranched alkanes of at least 4 members (excludes halogenated alkanes) is 13. The number of carbonyl (C=O) groups excluding carboxylic acids is 4. The van der Waals surface area contributed by atoms with Crippen LogP contribution in [0.4, 0.5) is 17.1 Å². The second kappa shape index (κ2) is 24.2. The van der Waals surface area contributed by atoms with Crippen molar-refractivity contribution in [1.29, 1.82) is 0 Å².